The smallest absolute Gasteiger partial charge is 0.347 e. The monoisotopic (exact) mass is 778 g/mol. The second kappa shape index (κ2) is 16.1. The summed E-state index contributed by atoms with van der Waals surface area (Å²) in [5, 5.41) is 41.0. The molecule has 1 atom stereocenters. The molecule has 280 valence electrons. The Hall–Kier alpha value is -4.09. The fourth-order valence-corrected chi connectivity index (χ4v) is 10.1. The van der Waals surface area contributed by atoms with Gasteiger partial charge in [-0.3, -0.25) is 14.2 Å². The van der Waals surface area contributed by atoms with Crippen LogP contribution in [0.4, 0.5) is 5.69 Å². The van der Waals surface area contributed by atoms with Gasteiger partial charge >= 0.3 is 10.8 Å². The third-order valence-electron chi connectivity index (χ3n) is 10.1. The van der Waals surface area contributed by atoms with Gasteiger partial charge in [0.15, 0.2) is 12.4 Å². The number of ether oxygens (including phenoxy) is 2. The zero-order valence-corrected chi connectivity index (χ0v) is 31.6. The molecular weight excluding hydrogens is 737 g/mol. The van der Waals surface area contributed by atoms with E-state index in [1.807, 2.05) is 57.8 Å². The van der Waals surface area contributed by atoms with Gasteiger partial charge in [0, 0.05) is 31.2 Å². The molecule has 5 aromatic rings. The largest absolute Gasteiger partial charge is 0.506 e. The highest BCUT2D eigenvalue weighted by Crippen LogP contribution is 2.43. The van der Waals surface area contributed by atoms with Crippen LogP contribution in [0.25, 0.3) is 10.2 Å². The summed E-state index contributed by atoms with van der Waals surface area (Å²) < 4.78 is 14.8. The predicted molar refractivity (Wildman–Crippen MR) is 206 cm³/mol. The molecule has 4 heterocycles. The van der Waals surface area contributed by atoms with Crippen LogP contribution < -0.4 is 20.2 Å². The molecule has 0 bridgehead atoms. The van der Waals surface area contributed by atoms with E-state index >= 15 is 0 Å². The van der Waals surface area contributed by atoms with Gasteiger partial charge in [0.1, 0.15) is 11.4 Å². The molecule has 53 heavy (non-hydrogen) atoms. The van der Waals surface area contributed by atoms with Crippen molar-refractivity contribution < 1.29 is 34.4 Å². The fourth-order valence-electron chi connectivity index (χ4n) is 7.31. The maximum Gasteiger partial charge on any atom is 0.347 e. The summed E-state index contributed by atoms with van der Waals surface area (Å²) in [6.45, 7) is 1.92. The first-order chi connectivity index (χ1) is 25.6. The van der Waals surface area contributed by atoms with E-state index in [1.54, 1.807) is 6.07 Å². The lowest BCUT2D eigenvalue weighted by molar-refractivity contribution is -0.170. The zero-order valence-electron chi connectivity index (χ0n) is 29.2. The standard InChI is InChI=1S/C38H42N4O8S3/c1-41(24-8-10-25(11-9-24)50-38(36(46)47,31-5-2-17-51-31)32-6-3-18-52-32)15-4-16-42-27-13-7-23(19-30(27)53-37(42)48)20-39-21-29(44)26-12-14-28(43)34-35(26)49-22-33(45)40-34/h2-3,5-7,12-14,17-19,24-25,29,39,43-44H,4,8-11,15-16,20-22H2,1H3,(H,40,45)(H,46,47)/t24?,25?,29-/m0/s1. The van der Waals surface area contributed by atoms with Crippen molar-refractivity contribution in [3.63, 3.8) is 0 Å². The summed E-state index contributed by atoms with van der Waals surface area (Å²) in [6, 6.07) is 16.7. The quantitative estimate of drug-likeness (QED) is 0.0831. The van der Waals surface area contributed by atoms with Crippen LogP contribution in [-0.2, 0) is 33.0 Å². The predicted octanol–water partition coefficient (Wildman–Crippen LogP) is 5.72. The third kappa shape index (κ3) is 7.78. The molecule has 1 fully saturated rings. The highest BCUT2D eigenvalue weighted by Gasteiger charge is 2.48. The second-order valence-corrected chi connectivity index (χ2v) is 16.4. The van der Waals surface area contributed by atoms with Gasteiger partial charge < -0.3 is 40.3 Å². The zero-order chi connectivity index (χ0) is 37.1. The van der Waals surface area contributed by atoms with Gasteiger partial charge in [0.2, 0.25) is 5.60 Å². The van der Waals surface area contributed by atoms with Gasteiger partial charge in [-0.1, -0.05) is 29.5 Å². The normalized spacial score (nSPS) is 18.1. The number of nitrogens with one attached hydrogen (secondary N) is 2. The maximum atomic E-state index is 13.0. The van der Waals surface area contributed by atoms with E-state index in [0.29, 0.717) is 34.4 Å². The molecule has 7 rings (SSSR count). The average Bonchev–Trinajstić information content (AvgIpc) is 3.94. The molecule has 1 amide bonds. The molecule has 0 spiro atoms. The van der Waals surface area contributed by atoms with Crippen molar-refractivity contribution in [1.82, 2.24) is 14.8 Å². The number of amides is 1. The Balaban J connectivity index is 0.897. The number of carboxylic acids is 1. The van der Waals surface area contributed by atoms with Crippen LogP contribution in [0, 0.1) is 0 Å². The summed E-state index contributed by atoms with van der Waals surface area (Å²) in [4.78, 5) is 41.2. The second-order valence-electron chi connectivity index (χ2n) is 13.5. The van der Waals surface area contributed by atoms with Gasteiger partial charge in [-0.15, -0.1) is 22.7 Å². The molecule has 1 aliphatic carbocycles. The number of hydrogen-bond donors (Lipinski definition) is 5. The van der Waals surface area contributed by atoms with Crippen LogP contribution in [0.15, 0.2) is 70.2 Å². The van der Waals surface area contributed by atoms with E-state index in [0.717, 1.165) is 54.4 Å². The number of phenols is 1. The molecule has 15 heteroatoms. The molecule has 12 nitrogen and oxygen atoms in total. The molecule has 2 aromatic carbocycles. The summed E-state index contributed by atoms with van der Waals surface area (Å²) in [5.74, 6) is -1.22. The van der Waals surface area contributed by atoms with Crippen LogP contribution in [0.1, 0.15) is 59.1 Å². The molecule has 0 unspecified atom stereocenters. The lowest BCUT2D eigenvalue weighted by atomic mass is 9.90. The number of benzene rings is 2. The number of aliphatic hydroxyl groups is 1. The third-order valence-corrected chi connectivity index (χ3v) is 13.0. The van der Waals surface area contributed by atoms with Crippen LogP contribution in [0.3, 0.4) is 0 Å². The number of aliphatic carboxylic acids is 1. The first-order valence-corrected chi connectivity index (χ1v) is 20.2. The van der Waals surface area contributed by atoms with Crippen LogP contribution in [-0.4, -0.2) is 75.6 Å². The topological polar surface area (TPSA) is 163 Å². The number of anilines is 1. The molecular formula is C38H42N4O8S3. The summed E-state index contributed by atoms with van der Waals surface area (Å²) in [6.07, 6.45) is 3.08. The van der Waals surface area contributed by atoms with Crippen LogP contribution >= 0.6 is 34.0 Å². The van der Waals surface area contributed by atoms with E-state index in [1.165, 1.54) is 40.1 Å². The Morgan fingerprint density at radius 2 is 1.83 bits per heavy atom. The molecule has 1 saturated carbocycles. The Morgan fingerprint density at radius 1 is 1.09 bits per heavy atom. The Labute approximate surface area is 318 Å². The van der Waals surface area contributed by atoms with E-state index in [2.05, 4.69) is 22.6 Å². The van der Waals surface area contributed by atoms with Gasteiger partial charge in [-0.05, 0) is 98.4 Å². The van der Waals surface area contributed by atoms with Crippen molar-refractivity contribution in [2.24, 2.45) is 0 Å². The number of fused-ring (bicyclic) bond motifs is 2. The lowest BCUT2D eigenvalue weighted by Gasteiger charge is -2.38. The van der Waals surface area contributed by atoms with Crippen LogP contribution in [0.5, 0.6) is 11.5 Å². The summed E-state index contributed by atoms with van der Waals surface area (Å²) in [5.41, 5.74) is 1.00. The van der Waals surface area contributed by atoms with Crippen molar-refractivity contribution in [2.75, 3.05) is 32.1 Å². The van der Waals surface area contributed by atoms with E-state index < -0.39 is 17.7 Å². The number of carbonyl (C=O) groups is 2. The average molecular weight is 779 g/mol. The minimum Gasteiger partial charge on any atom is -0.506 e. The molecule has 1 aliphatic heterocycles. The highest BCUT2D eigenvalue weighted by molar-refractivity contribution is 7.16. The Morgan fingerprint density at radius 3 is 2.51 bits per heavy atom. The summed E-state index contributed by atoms with van der Waals surface area (Å²) >= 11 is 4.04. The number of thiophene rings is 2. The van der Waals surface area contributed by atoms with Gasteiger partial charge in [0.05, 0.1) is 32.2 Å². The summed E-state index contributed by atoms with van der Waals surface area (Å²) in [7, 11) is 2.12. The number of aryl methyl sites for hydroxylation is 1. The minimum atomic E-state index is -1.49. The van der Waals surface area contributed by atoms with Crippen molar-refractivity contribution in [1.29, 1.82) is 0 Å². The highest BCUT2D eigenvalue weighted by atomic mass is 32.1. The SMILES string of the molecule is CN(CCCn1c(=O)sc2cc(CNC[C@H](O)c3ccc(O)c4c3OCC(=O)N4)ccc21)C1CCC(OC(C(=O)O)(c2cccs2)c2cccs2)CC1. The van der Waals surface area contributed by atoms with Crippen molar-refractivity contribution in [2.45, 2.75) is 69.0 Å². The van der Waals surface area contributed by atoms with Crippen molar-refractivity contribution in [3.8, 4) is 11.5 Å². The Bertz CT molecular complexity index is 2070. The fraction of sp³-hybridized carbons (Fsp3) is 0.395. The van der Waals surface area contributed by atoms with E-state index in [9.17, 15) is 29.7 Å². The van der Waals surface area contributed by atoms with Gasteiger partial charge in [0.25, 0.3) is 5.91 Å². The van der Waals surface area contributed by atoms with E-state index in [-0.39, 0.29) is 47.2 Å². The first-order valence-electron chi connectivity index (χ1n) is 17.6. The molecule has 0 radical (unpaired) electrons. The number of phenolic OH excluding ortho intramolecular Hbond substituents is 1. The maximum absolute atomic E-state index is 13.0. The van der Waals surface area contributed by atoms with Crippen molar-refractivity contribution in [3.05, 3.63) is 95.9 Å². The molecule has 5 N–H and O–H groups in total. The lowest BCUT2D eigenvalue weighted by Crippen LogP contribution is -2.44. The number of carboxylic acid groups (broad SMARTS) is 1. The number of nitrogens with zero attached hydrogens (tertiary/aromatic N) is 2. The number of thiazole rings is 1. The number of rotatable bonds is 15. The molecule has 2 aliphatic rings. The number of carbonyl (C=O) groups excluding carboxylic acids is 1. The molecule has 3 aromatic heterocycles. The van der Waals surface area contributed by atoms with Gasteiger partial charge in [-0.25, -0.2) is 4.79 Å². The van der Waals surface area contributed by atoms with Gasteiger partial charge in [-0.2, -0.15) is 0 Å². The number of hydrogen-bond acceptors (Lipinski definition) is 12. The minimum absolute atomic E-state index is 0.00318. The molecule has 0 saturated heterocycles. The Kier molecular flexibility index (Phi) is 11.3. The first kappa shape index (κ1) is 37.2. The van der Waals surface area contributed by atoms with Crippen LogP contribution in [0.2, 0.25) is 0 Å². The number of aromatic nitrogens is 1. The van der Waals surface area contributed by atoms with Crippen molar-refractivity contribution >= 4 is 61.8 Å². The number of aliphatic hydroxyl groups excluding tert-OH is 1. The van der Waals surface area contributed by atoms with E-state index in [4.69, 9.17) is 9.47 Å². The number of aromatic hydroxyl groups is 1.